The maximum absolute atomic E-state index is 8.88. The van der Waals surface area contributed by atoms with Gasteiger partial charge in [-0.15, -0.1) is 0 Å². The van der Waals surface area contributed by atoms with Gasteiger partial charge in [-0.25, -0.2) is 0 Å². The Morgan fingerprint density at radius 1 is 1.40 bits per heavy atom. The average molecular weight is 144 g/mol. The van der Waals surface area contributed by atoms with E-state index in [0.29, 0.717) is 18.4 Å². The zero-order chi connectivity index (χ0) is 6.97. The topological polar surface area (TPSA) is 38.7 Å². The van der Waals surface area contributed by atoms with Crippen LogP contribution in [0.1, 0.15) is 6.42 Å². The Morgan fingerprint density at radius 2 is 2.30 bits per heavy atom. The van der Waals surface area contributed by atoms with Crippen molar-refractivity contribution in [1.29, 1.82) is 0 Å². The molecular formula is C7H12O3. The first-order chi connectivity index (χ1) is 4.92. The summed E-state index contributed by atoms with van der Waals surface area (Å²) in [4.78, 5) is 0. The van der Waals surface area contributed by atoms with Crippen molar-refractivity contribution in [2.24, 2.45) is 11.8 Å². The lowest BCUT2D eigenvalue weighted by Gasteiger charge is -2.09. The van der Waals surface area contributed by atoms with Crippen LogP contribution in [-0.2, 0) is 9.47 Å². The van der Waals surface area contributed by atoms with Gasteiger partial charge >= 0.3 is 0 Å². The third-order valence-corrected chi connectivity index (χ3v) is 2.40. The van der Waals surface area contributed by atoms with Crippen LogP contribution in [0.3, 0.4) is 0 Å². The second kappa shape index (κ2) is 2.49. The molecule has 1 N–H and O–H groups in total. The molecule has 0 bridgehead atoms. The molecule has 2 aliphatic heterocycles. The lowest BCUT2D eigenvalue weighted by atomic mass is 9.94. The Labute approximate surface area is 59.9 Å². The fourth-order valence-corrected chi connectivity index (χ4v) is 1.74. The molecule has 0 radical (unpaired) electrons. The average Bonchev–Trinajstić information content (AvgIpc) is 2.44. The van der Waals surface area contributed by atoms with Crippen molar-refractivity contribution >= 4 is 0 Å². The molecule has 0 aromatic carbocycles. The predicted molar refractivity (Wildman–Crippen MR) is 34.4 cm³/mol. The van der Waals surface area contributed by atoms with Crippen LogP contribution in [0, 0.1) is 11.8 Å². The van der Waals surface area contributed by atoms with E-state index in [2.05, 4.69) is 0 Å². The standard InChI is InChI=1S/C7H12O3/c8-3-5-4-10-7-6(5)1-2-9-7/h5-8H,1-4H2. The molecule has 58 valence electrons. The normalized spacial score (nSPS) is 45.9. The van der Waals surface area contributed by atoms with Crippen LogP contribution in [0.5, 0.6) is 0 Å². The van der Waals surface area contributed by atoms with Gasteiger partial charge in [0.2, 0.25) is 0 Å². The molecule has 10 heavy (non-hydrogen) atoms. The minimum absolute atomic E-state index is 0.00264. The fraction of sp³-hybridized carbons (Fsp3) is 1.00. The first-order valence-corrected chi connectivity index (χ1v) is 3.76. The predicted octanol–water partition coefficient (Wildman–Crippen LogP) is -0.0123. The summed E-state index contributed by atoms with van der Waals surface area (Å²) in [6.07, 6.45) is 1.05. The van der Waals surface area contributed by atoms with Crippen molar-refractivity contribution in [3.8, 4) is 0 Å². The molecule has 0 amide bonds. The zero-order valence-corrected chi connectivity index (χ0v) is 5.82. The number of fused-ring (bicyclic) bond motifs is 1. The highest BCUT2D eigenvalue weighted by Crippen LogP contribution is 2.34. The van der Waals surface area contributed by atoms with E-state index >= 15 is 0 Å². The molecule has 0 saturated carbocycles. The third-order valence-electron chi connectivity index (χ3n) is 2.40. The van der Waals surface area contributed by atoms with E-state index in [4.69, 9.17) is 14.6 Å². The van der Waals surface area contributed by atoms with E-state index < -0.39 is 0 Å². The molecule has 2 heterocycles. The molecule has 3 unspecified atom stereocenters. The summed E-state index contributed by atoms with van der Waals surface area (Å²) in [7, 11) is 0. The van der Waals surface area contributed by atoms with Crippen molar-refractivity contribution < 1.29 is 14.6 Å². The molecular weight excluding hydrogens is 132 g/mol. The highest BCUT2D eigenvalue weighted by Gasteiger charge is 2.40. The van der Waals surface area contributed by atoms with Crippen LogP contribution in [0.4, 0.5) is 0 Å². The molecule has 0 aliphatic carbocycles. The first-order valence-electron chi connectivity index (χ1n) is 3.76. The van der Waals surface area contributed by atoms with Crippen molar-refractivity contribution in [1.82, 2.24) is 0 Å². The van der Waals surface area contributed by atoms with E-state index in [-0.39, 0.29) is 12.9 Å². The number of aliphatic hydroxyl groups excluding tert-OH is 1. The molecule has 3 nitrogen and oxygen atoms in total. The van der Waals surface area contributed by atoms with Crippen LogP contribution in [0.15, 0.2) is 0 Å². The van der Waals surface area contributed by atoms with Crippen molar-refractivity contribution in [3.63, 3.8) is 0 Å². The second-order valence-corrected chi connectivity index (χ2v) is 2.97. The molecule has 0 aromatic rings. The Hall–Kier alpha value is -0.120. The summed E-state index contributed by atoms with van der Waals surface area (Å²) in [5, 5.41) is 8.88. The lowest BCUT2D eigenvalue weighted by Crippen LogP contribution is -2.17. The SMILES string of the molecule is OCC1COC2OCCC12. The number of hydrogen-bond donors (Lipinski definition) is 1. The monoisotopic (exact) mass is 144 g/mol. The summed E-state index contributed by atoms with van der Waals surface area (Å²) in [6.45, 7) is 1.71. The van der Waals surface area contributed by atoms with Gasteiger partial charge in [0.15, 0.2) is 6.29 Å². The van der Waals surface area contributed by atoms with Gasteiger partial charge < -0.3 is 14.6 Å². The number of rotatable bonds is 1. The quantitative estimate of drug-likeness (QED) is 0.562. The Bertz CT molecular complexity index is 126. The van der Waals surface area contributed by atoms with Crippen LogP contribution in [0.2, 0.25) is 0 Å². The highest BCUT2D eigenvalue weighted by molar-refractivity contribution is 4.82. The van der Waals surface area contributed by atoms with E-state index in [1.54, 1.807) is 0 Å². The molecule has 2 rings (SSSR count). The van der Waals surface area contributed by atoms with Gasteiger partial charge in [0.25, 0.3) is 0 Å². The largest absolute Gasteiger partial charge is 0.396 e. The first kappa shape index (κ1) is 6.58. The van der Waals surface area contributed by atoms with Gasteiger partial charge in [-0.1, -0.05) is 0 Å². The Balaban J connectivity index is 2.01. The zero-order valence-electron chi connectivity index (χ0n) is 5.82. The minimum Gasteiger partial charge on any atom is -0.396 e. The summed E-state index contributed by atoms with van der Waals surface area (Å²) >= 11 is 0. The van der Waals surface area contributed by atoms with Crippen LogP contribution < -0.4 is 0 Å². The van der Waals surface area contributed by atoms with Crippen LogP contribution in [0.25, 0.3) is 0 Å². The van der Waals surface area contributed by atoms with E-state index in [1.165, 1.54) is 0 Å². The third kappa shape index (κ3) is 0.856. The van der Waals surface area contributed by atoms with Gasteiger partial charge in [0.1, 0.15) is 0 Å². The Morgan fingerprint density at radius 3 is 3.10 bits per heavy atom. The van der Waals surface area contributed by atoms with E-state index in [0.717, 1.165) is 13.0 Å². The number of aliphatic hydroxyl groups is 1. The lowest BCUT2D eigenvalue weighted by molar-refractivity contribution is -0.0905. The summed E-state index contributed by atoms with van der Waals surface area (Å²) in [5.41, 5.74) is 0. The highest BCUT2D eigenvalue weighted by atomic mass is 16.7. The summed E-state index contributed by atoms with van der Waals surface area (Å²) < 4.78 is 10.6. The van der Waals surface area contributed by atoms with Gasteiger partial charge in [-0.2, -0.15) is 0 Å². The molecule has 3 heteroatoms. The number of ether oxygens (including phenoxy) is 2. The van der Waals surface area contributed by atoms with Gasteiger partial charge in [-0.05, 0) is 6.42 Å². The maximum atomic E-state index is 8.88. The fourth-order valence-electron chi connectivity index (χ4n) is 1.74. The molecule has 2 saturated heterocycles. The molecule has 0 aromatic heterocycles. The minimum atomic E-state index is -0.00264. The van der Waals surface area contributed by atoms with Gasteiger partial charge in [0.05, 0.1) is 13.2 Å². The van der Waals surface area contributed by atoms with Gasteiger partial charge in [0, 0.05) is 18.4 Å². The maximum Gasteiger partial charge on any atom is 0.160 e. The summed E-state index contributed by atoms with van der Waals surface area (Å²) in [5.74, 6) is 0.789. The smallest absolute Gasteiger partial charge is 0.160 e. The van der Waals surface area contributed by atoms with Crippen molar-refractivity contribution in [3.05, 3.63) is 0 Å². The second-order valence-electron chi connectivity index (χ2n) is 2.97. The van der Waals surface area contributed by atoms with Gasteiger partial charge in [-0.3, -0.25) is 0 Å². The van der Waals surface area contributed by atoms with Crippen molar-refractivity contribution in [2.45, 2.75) is 12.7 Å². The van der Waals surface area contributed by atoms with E-state index in [9.17, 15) is 0 Å². The molecule has 0 spiro atoms. The van der Waals surface area contributed by atoms with Crippen LogP contribution >= 0.6 is 0 Å². The van der Waals surface area contributed by atoms with Crippen molar-refractivity contribution in [2.75, 3.05) is 19.8 Å². The molecule has 2 aliphatic rings. The Kier molecular flexibility index (Phi) is 1.64. The van der Waals surface area contributed by atoms with Crippen LogP contribution in [-0.4, -0.2) is 31.2 Å². The number of hydrogen-bond acceptors (Lipinski definition) is 3. The molecule has 2 fully saturated rings. The summed E-state index contributed by atoms with van der Waals surface area (Å²) in [6, 6.07) is 0. The van der Waals surface area contributed by atoms with E-state index in [1.807, 2.05) is 0 Å². The molecule has 3 atom stereocenters.